The number of hydrogen-bond donors (Lipinski definition) is 2. The molecule has 1 heterocycles. The Morgan fingerprint density at radius 1 is 1.00 bits per heavy atom. The molecule has 4 rings (SSSR count). The van der Waals surface area contributed by atoms with Crippen LogP contribution in [0.5, 0.6) is 5.75 Å². The molecule has 1 amide bonds. The lowest BCUT2D eigenvalue weighted by Crippen LogP contribution is -2.26. The summed E-state index contributed by atoms with van der Waals surface area (Å²) in [5.41, 5.74) is 3.00. The largest absolute Gasteiger partial charge is 0.497 e. The van der Waals surface area contributed by atoms with Crippen molar-refractivity contribution in [3.63, 3.8) is 0 Å². The number of hydrogen-bond acceptors (Lipinski definition) is 5. The van der Waals surface area contributed by atoms with Crippen LogP contribution in [-0.4, -0.2) is 23.0 Å². The van der Waals surface area contributed by atoms with Crippen molar-refractivity contribution in [2.75, 3.05) is 12.4 Å². The minimum atomic E-state index is -0.310. The van der Waals surface area contributed by atoms with Gasteiger partial charge in [-0.3, -0.25) is 4.79 Å². The Morgan fingerprint density at radius 3 is 2.48 bits per heavy atom. The van der Waals surface area contributed by atoms with E-state index < -0.39 is 0 Å². The zero-order valence-corrected chi connectivity index (χ0v) is 18.2. The van der Waals surface area contributed by atoms with Crippen LogP contribution in [0.15, 0.2) is 85.1 Å². The maximum absolute atomic E-state index is 13.2. The first kappa shape index (κ1) is 22.0. The highest BCUT2D eigenvalue weighted by Gasteiger charge is 2.12. The normalized spacial score (nSPS) is 11.5. The lowest BCUT2D eigenvalue weighted by atomic mass is 10.1. The van der Waals surface area contributed by atoms with E-state index in [-0.39, 0.29) is 17.8 Å². The second-order valence-electron chi connectivity index (χ2n) is 7.45. The average Bonchev–Trinajstić information content (AvgIpc) is 2.85. The molecule has 1 aromatic heterocycles. The molecule has 0 aliphatic carbocycles. The van der Waals surface area contributed by atoms with Gasteiger partial charge in [0.15, 0.2) is 5.82 Å². The van der Waals surface area contributed by atoms with Crippen molar-refractivity contribution < 1.29 is 13.9 Å². The first-order valence-corrected chi connectivity index (χ1v) is 10.4. The topological polar surface area (TPSA) is 76.1 Å². The molecule has 0 aliphatic rings. The number of nitrogens with zero attached hydrogens (tertiary/aromatic N) is 2. The van der Waals surface area contributed by atoms with Gasteiger partial charge in [-0.2, -0.15) is 0 Å². The quantitative estimate of drug-likeness (QED) is 0.394. The molecular weight excluding hydrogens is 419 g/mol. The molecule has 0 saturated carbocycles. The fourth-order valence-electron chi connectivity index (χ4n) is 3.29. The molecule has 1 atom stereocenters. The molecule has 3 aromatic carbocycles. The molecule has 0 fully saturated rings. The second kappa shape index (κ2) is 9.91. The number of methoxy groups -OCH3 is 1. The van der Waals surface area contributed by atoms with Gasteiger partial charge in [0.25, 0.3) is 5.91 Å². The third kappa shape index (κ3) is 5.51. The van der Waals surface area contributed by atoms with Gasteiger partial charge < -0.3 is 15.4 Å². The van der Waals surface area contributed by atoms with Crippen LogP contribution in [0.2, 0.25) is 0 Å². The van der Waals surface area contributed by atoms with Crippen molar-refractivity contribution in [1.82, 2.24) is 15.3 Å². The Labute approximate surface area is 191 Å². The third-order valence-electron chi connectivity index (χ3n) is 5.12. The van der Waals surface area contributed by atoms with E-state index in [1.807, 2.05) is 43.3 Å². The van der Waals surface area contributed by atoms with Gasteiger partial charge in [-0.15, -0.1) is 0 Å². The first-order valence-electron chi connectivity index (χ1n) is 10.4. The minimum absolute atomic E-state index is 0.169. The van der Waals surface area contributed by atoms with Gasteiger partial charge in [-0.25, -0.2) is 14.4 Å². The van der Waals surface area contributed by atoms with Gasteiger partial charge in [-0.1, -0.05) is 12.1 Å². The second-order valence-corrected chi connectivity index (χ2v) is 7.45. The number of nitrogens with one attached hydrogen (secondary N) is 2. The van der Waals surface area contributed by atoms with E-state index in [4.69, 9.17) is 4.74 Å². The molecule has 0 radical (unpaired) electrons. The smallest absolute Gasteiger partial charge is 0.251 e. The van der Waals surface area contributed by atoms with Gasteiger partial charge >= 0.3 is 0 Å². The number of aromatic nitrogens is 2. The van der Waals surface area contributed by atoms with E-state index in [1.165, 1.54) is 12.1 Å². The number of rotatable bonds is 7. The summed E-state index contributed by atoms with van der Waals surface area (Å²) >= 11 is 0. The maximum Gasteiger partial charge on any atom is 0.251 e. The first-order chi connectivity index (χ1) is 16.0. The molecule has 33 heavy (non-hydrogen) atoms. The summed E-state index contributed by atoms with van der Waals surface area (Å²) < 4.78 is 18.4. The number of benzene rings is 3. The fraction of sp³-hybridized carbons (Fsp3) is 0.115. The predicted octanol–water partition coefficient (Wildman–Crippen LogP) is 5.53. The molecule has 0 bridgehead atoms. The molecule has 2 N–H and O–H groups in total. The summed E-state index contributed by atoms with van der Waals surface area (Å²) in [6.07, 6.45) is 1.63. The SMILES string of the molecule is COc1cccc(C(C)NC(=O)c2ccc(Nc3ccnc(-c4ccc(F)cc4)n3)cc2)c1. The van der Waals surface area contributed by atoms with Crippen LogP contribution >= 0.6 is 0 Å². The summed E-state index contributed by atoms with van der Waals surface area (Å²) in [7, 11) is 1.61. The van der Waals surface area contributed by atoms with Crippen LogP contribution in [-0.2, 0) is 0 Å². The molecular formula is C26H23FN4O2. The summed E-state index contributed by atoms with van der Waals surface area (Å²) in [5, 5.41) is 6.20. The number of amides is 1. The molecule has 6 nitrogen and oxygen atoms in total. The average molecular weight is 442 g/mol. The molecule has 7 heteroatoms. The van der Waals surface area contributed by atoms with Crippen molar-refractivity contribution in [1.29, 1.82) is 0 Å². The number of halogens is 1. The van der Waals surface area contributed by atoms with Gasteiger partial charge in [0, 0.05) is 23.0 Å². The Morgan fingerprint density at radius 2 is 1.76 bits per heavy atom. The van der Waals surface area contributed by atoms with E-state index in [1.54, 1.807) is 43.6 Å². The highest BCUT2D eigenvalue weighted by atomic mass is 19.1. The highest BCUT2D eigenvalue weighted by Crippen LogP contribution is 2.21. The summed E-state index contributed by atoms with van der Waals surface area (Å²) in [4.78, 5) is 21.4. The predicted molar refractivity (Wildman–Crippen MR) is 126 cm³/mol. The molecule has 0 saturated heterocycles. The molecule has 166 valence electrons. The van der Waals surface area contributed by atoms with Gasteiger partial charge in [0.1, 0.15) is 17.4 Å². The lowest BCUT2D eigenvalue weighted by Gasteiger charge is -2.15. The molecule has 0 spiro atoms. The van der Waals surface area contributed by atoms with Crippen LogP contribution in [0.4, 0.5) is 15.9 Å². The summed E-state index contributed by atoms with van der Waals surface area (Å²) in [5.74, 6) is 1.35. The minimum Gasteiger partial charge on any atom is -0.497 e. The van der Waals surface area contributed by atoms with Crippen LogP contribution in [0.1, 0.15) is 28.9 Å². The zero-order chi connectivity index (χ0) is 23.2. The van der Waals surface area contributed by atoms with E-state index >= 15 is 0 Å². The zero-order valence-electron chi connectivity index (χ0n) is 18.2. The number of anilines is 2. The van der Waals surface area contributed by atoms with Crippen molar-refractivity contribution in [3.05, 3.63) is 102 Å². The number of carbonyl (C=O) groups is 1. The van der Waals surface area contributed by atoms with Gasteiger partial charge in [-0.05, 0) is 79.2 Å². The maximum atomic E-state index is 13.2. The van der Waals surface area contributed by atoms with Crippen LogP contribution in [0.25, 0.3) is 11.4 Å². The standard InChI is InChI=1S/C26H23FN4O2/c1-17(20-4-3-5-23(16-20)33-2)29-26(32)19-8-12-22(13-9-19)30-24-14-15-28-25(31-24)18-6-10-21(27)11-7-18/h3-17H,1-2H3,(H,29,32)(H,28,30,31). The van der Waals surface area contributed by atoms with Crippen LogP contribution in [0.3, 0.4) is 0 Å². The molecule has 0 aliphatic heterocycles. The fourth-order valence-corrected chi connectivity index (χ4v) is 3.29. The van der Waals surface area contributed by atoms with E-state index in [9.17, 15) is 9.18 Å². The third-order valence-corrected chi connectivity index (χ3v) is 5.12. The van der Waals surface area contributed by atoms with Gasteiger partial charge in [0.2, 0.25) is 0 Å². The van der Waals surface area contributed by atoms with E-state index in [2.05, 4.69) is 20.6 Å². The number of carbonyl (C=O) groups excluding carboxylic acids is 1. The Balaban J connectivity index is 1.41. The van der Waals surface area contributed by atoms with E-state index in [0.29, 0.717) is 17.2 Å². The van der Waals surface area contributed by atoms with Gasteiger partial charge in [0.05, 0.1) is 13.2 Å². The number of ether oxygens (including phenoxy) is 1. The summed E-state index contributed by atoms with van der Waals surface area (Å²) in [6.45, 7) is 1.93. The Bertz CT molecular complexity index is 1240. The van der Waals surface area contributed by atoms with Crippen LogP contribution in [0, 0.1) is 5.82 Å². The Hall–Kier alpha value is -4.26. The monoisotopic (exact) mass is 442 g/mol. The molecule has 4 aromatic rings. The van der Waals surface area contributed by atoms with E-state index in [0.717, 1.165) is 22.6 Å². The molecule has 1 unspecified atom stereocenters. The summed E-state index contributed by atoms with van der Waals surface area (Å²) in [6, 6.07) is 22.3. The van der Waals surface area contributed by atoms with Crippen LogP contribution < -0.4 is 15.4 Å². The van der Waals surface area contributed by atoms with Crippen molar-refractivity contribution in [2.45, 2.75) is 13.0 Å². The van der Waals surface area contributed by atoms with Crippen molar-refractivity contribution >= 4 is 17.4 Å². The Kier molecular flexibility index (Phi) is 6.59. The van der Waals surface area contributed by atoms with Crippen molar-refractivity contribution in [2.24, 2.45) is 0 Å². The van der Waals surface area contributed by atoms with Crippen molar-refractivity contribution in [3.8, 4) is 17.1 Å². The highest BCUT2D eigenvalue weighted by molar-refractivity contribution is 5.94. The lowest BCUT2D eigenvalue weighted by molar-refractivity contribution is 0.0940.